The van der Waals surface area contributed by atoms with Crippen LogP contribution in [0, 0.1) is 19.3 Å². The minimum absolute atomic E-state index is 0.0919. The summed E-state index contributed by atoms with van der Waals surface area (Å²) in [5.41, 5.74) is 2.58. The van der Waals surface area contributed by atoms with Gasteiger partial charge in [0, 0.05) is 23.0 Å². The first-order valence-corrected chi connectivity index (χ1v) is 11.2. The van der Waals surface area contributed by atoms with E-state index in [1.807, 2.05) is 49.4 Å². The molecule has 0 saturated heterocycles. The maximum Gasteiger partial charge on any atom is 0.257 e. The van der Waals surface area contributed by atoms with Crippen LogP contribution in [-0.4, -0.2) is 29.9 Å². The Bertz CT molecular complexity index is 1320. The average Bonchev–Trinajstić information content (AvgIpc) is 3.27. The molecule has 0 unspecified atom stereocenters. The highest BCUT2D eigenvalue weighted by molar-refractivity contribution is 7.80. The molecule has 0 aliphatic carbocycles. The Morgan fingerprint density at radius 1 is 1.26 bits per heavy atom. The number of methoxy groups -OCH3 is 1. The van der Waals surface area contributed by atoms with Crippen LogP contribution in [0.4, 0.5) is 11.5 Å². The zero-order chi connectivity index (χ0) is 24.9. The highest BCUT2D eigenvalue weighted by Gasteiger charge is 2.36. The lowest BCUT2D eigenvalue weighted by molar-refractivity contribution is -0.113. The Kier molecular flexibility index (Phi) is 7.03. The molecule has 0 fully saturated rings. The molecule has 178 valence electrons. The van der Waals surface area contributed by atoms with E-state index in [2.05, 4.69) is 21.7 Å². The van der Waals surface area contributed by atoms with Gasteiger partial charge in [-0.1, -0.05) is 29.3 Å². The number of anilines is 2. The smallest absolute Gasteiger partial charge is 0.257 e. The van der Waals surface area contributed by atoms with Crippen molar-refractivity contribution in [2.45, 2.75) is 19.9 Å². The first-order valence-electron chi connectivity index (χ1n) is 10.8. The van der Waals surface area contributed by atoms with Crippen LogP contribution in [0.3, 0.4) is 0 Å². The van der Waals surface area contributed by atoms with Gasteiger partial charge in [-0.25, -0.2) is 0 Å². The lowest BCUT2D eigenvalue weighted by Gasteiger charge is -2.38. The van der Waals surface area contributed by atoms with E-state index in [1.54, 1.807) is 31.1 Å². The number of hydrogen-bond donors (Lipinski definition) is 2. The normalized spacial score (nSPS) is 15.3. The molecule has 2 aromatic carbocycles. The number of allylic oxidation sites excluding steroid dienone is 1. The van der Waals surface area contributed by atoms with Crippen LogP contribution < -0.4 is 25.0 Å². The van der Waals surface area contributed by atoms with E-state index in [4.69, 9.17) is 32.6 Å². The molecule has 2 N–H and O–H groups in total. The Labute approximate surface area is 208 Å². The number of ether oxygens (including phenoxy) is 2. The predicted octanol–water partition coefficient (Wildman–Crippen LogP) is 4.35. The number of rotatable bonds is 7. The van der Waals surface area contributed by atoms with Crippen molar-refractivity contribution in [1.82, 2.24) is 10.5 Å². The van der Waals surface area contributed by atoms with E-state index in [0.29, 0.717) is 39.5 Å². The van der Waals surface area contributed by atoms with E-state index in [0.717, 1.165) is 11.3 Å². The van der Waals surface area contributed by atoms with Crippen LogP contribution in [0.1, 0.15) is 24.3 Å². The molecular formula is C26H24N4O4S. The number of para-hydroxylation sites is 1. The number of aryl methyl sites for hydroxylation is 1. The SMILES string of the molecule is C#CCOc1ccccc1[C@@H]1NC(=S)N(c2ccc(OC)cc2)C(C)=C1C(=O)Nc1cc(C)on1. The van der Waals surface area contributed by atoms with Crippen LogP contribution >= 0.6 is 12.2 Å². The van der Waals surface area contributed by atoms with E-state index in [9.17, 15) is 4.79 Å². The quantitative estimate of drug-likeness (QED) is 0.375. The number of thiocarbonyl (C=S) groups is 1. The molecule has 0 saturated carbocycles. The largest absolute Gasteiger partial charge is 0.497 e. The number of carbonyl (C=O) groups excluding carboxylic acids is 1. The molecule has 2 heterocycles. The number of hydrogen-bond acceptors (Lipinski definition) is 6. The van der Waals surface area contributed by atoms with Crippen LogP contribution in [0.2, 0.25) is 0 Å². The second kappa shape index (κ2) is 10.3. The molecular weight excluding hydrogens is 464 g/mol. The van der Waals surface area contributed by atoms with Gasteiger partial charge in [0.05, 0.1) is 18.7 Å². The summed E-state index contributed by atoms with van der Waals surface area (Å²) in [5.74, 6) is 4.27. The maximum atomic E-state index is 13.6. The second-order valence-corrected chi connectivity index (χ2v) is 8.11. The van der Waals surface area contributed by atoms with E-state index in [1.165, 1.54) is 0 Å². The summed E-state index contributed by atoms with van der Waals surface area (Å²) in [7, 11) is 1.60. The number of amides is 1. The highest BCUT2D eigenvalue weighted by atomic mass is 32.1. The summed E-state index contributed by atoms with van der Waals surface area (Å²) in [6.45, 7) is 3.69. The van der Waals surface area contributed by atoms with Gasteiger partial charge in [0.25, 0.3) is 5.91 Å². The molecule has 4 rings (SSSR count). The van der Waals surface area contributed by atoms with Crippen LogP contribution in [0.15, 0.2) is 70.4 Å². The lowest BCUT2D eigenvalue weighted by Crippen LogP contribution is -2.48. The summed E-state index contributed by atoms with van der Waals surface area (Å²) < 4.78 is 16.1. The van der Waals surface area contributed by atoms with Crippen molar-refractivity contribution in [2.75, 3.05) is 23.9 Å². The Hall–Kier alpha value is -4.29. The number of nitrogens with zero attached hydrogens (tertiary/aromatic N) is 2. The fourth-order valence-electron chi connectivity index (χ4n) is 3.89. The van der Waals surface area contributed by atoms with Gasteiger partial charge in [0.2, 0.25) is 0 Å². The minimum atomic E-state index is -0.598. The average molecular weight is 489 g/mol. The molecule has 3 aromatic rings. The maximum absolute atomic E-state index is 13.6. The molecule has 1 atom stereocenters. The van der Waals surface area contributed by atoms with Gasteiger partial charge in [-0.3, -0.25) is 9.69 Å². The summed E-state index contributed by atoms with van der Waals surface area (Å²) in [5, 5.41) is 10.5. The summed E-state index contributed by atoms with van der Waals surface area (Å²) in [4.78, 5) is 15.4. The van der Waals surface area contributed by atoms with E-state index < -0.39 is 6.04 Å². The van der Waals surface area contributed by atoms with Crippen molar-refractivity contribution < 1.29 is 18.8 Å². The zero-order valence-corrected chi connectivity index (χ0v) is 20.3. The van der Waals surface area contributed by atoms with Gasteiger partial charge in [0.1, 0.15) is 23.9 Å². The van der Waals surface area contributed by atoms with Crippen molar-refractivity contribution in [3.05, 3.63) is 77.2 Å². The van der Waals surface area contributed by atoms with Gasteiger partial charge in [-0.15, -0.1) is 6.42 Å². The molecule has 35 heavy (non-hydrogen) atoms. The zero-order valence-electron chi connectivity index (χ0n) is 19.5. The number of nitrogens with one attached hydrogen (secondary N) is 2. The highest BCUT2D eigenvalue weighted by Crippen LogP contribution is 2.38. The van der Waals surface area contributed by atoms with Gasteiger partial charge in [-0.2, -0.15) is 0 Å². The topological polar surface area (TPSA) is 88.9 Å². The number of carbonyl (C=O) groups is 1. The Morgan fingerprint density at radius 3 is 2.66 bits per heavy atom. The van der Waals surface area contributed by atoms with Crippen molar-refractivity contribution in [3.63, 3.8) is 0 Å². The molecule has 1 aromatic heterocycles. The molecule has 0 radical (unpaired) electrons. The third kappa shape index (κ3) is 4.98. The number of aromatic nitrogens is 1. The van der Waals surface area contributed by atoms with Crippen LogP contribution in [0.25, 0.3) is 0 Å². The van der Waals surface area contributed by atoms with Gasteiger partial charge in [0.15, 0.2) is 10.9 Å². The fraction of sp³-hybridized carbons (Fsp3) is 0.192. The molecule has 1 amide bonds. The molecule has 1 aliphatic heterocycles. The monoisotopic (exact) mass is 488 g/mol. The molecule has 9 heteroatoms. The van der Waals surface area contributed by atoms with Crippen molar-refractivity contribution in [2.24, 2.45) is 0 Å². The predicted molar refractivity (Wildman–Crippen MR) is 137 cm³/mol. The van der Waals surface area contributed by atoms with Crippen molar-refractivity contribution >= 4 is 34.7 Å². The minimum Gasteiger partial charge on any atom is -0.497 e. The van der Waals surface area contributed by atoms with Crippen LogP contribution in [-0.2, 0) is 4.79 Å². The van der Waals surface area contributed by atoms with Gasteiger partial charge in [-0.05, 0) is 56.4 Å². The van der Waals surface area contributed by atoms with Crippen molar-refractivity contribution in [1.29, 1.82) is 0 Å². The summed E-state index contributed by atoms with van der Waals surface area (Å²) in [6, 6.07) is 15.8. The summed E-state index contributed by atoms with van der Waals surface area (Å²) >= 11 is 5.74. The summed E-state index contributed by atoms with van der Waals surface area (Å²) in [6.07, 6.45) is 5.40. The molecule has 1 aliphatic rings. The molecule has 8 nitrogen and oxygen atoms in total. The molecule has 0 bridgehead atoms. The second-order valence-electron chi connectivity index (χ2n) is 7.72. The third-order valence-electron chi connectivity index (χ3n) is 5.47. The first kappa shape index (κ1) is 23.9. The third-order valence-corrected chi connectivity index (χ3v) is 5.77. The van der Waals surface area contributed by atoms with Crippen molar-refractivity contribution in [3.8, 4) is 23.8 Å². The van der Waals surface area contributed by atoms with Gasteiger partial charge >= 0.3 is 0 Å². The standard InChI is InChI=1S/C26H24N4O4S/c1-5-14-33-21-9-7-6-8-20(21)24-23(25(31)27-22-15-16(2)34-29-22)17(3)30(26(35)28-24)18-10-12-19(32-4)13-11-18/h1,6-13,15,24H,14H2,2-4H3,(H,28,35)(H,27,29,31)/t24-/m0/s1. The van der Waals surface area contributed by atoms with Crippen LogP contribution in [0.5, 0.6) is 11.5 Å². The number of terminal acetylenes is 1. The Balaban J connectivity index is 1.81. The number of benzene rings is 2. The molecule has 0 spiro atoms. The van der Waals surface area contributed by atoms with Gasteiger partial charge < -0.3 is 24.6 Å². The van der Waals surface area contributed by atoms with E-state index in [-0.39, 0.29) is 12.5 Å². The van der Waals surface area contributed by atoms with E-state index >= 15 is 0 Å². The fourth-order valence-corrected chi connectivity index (χ4v) is 4.25. The first-order chi connectivity index (χ1) is 16.9. The Morgan fingerprint density at radius 2 is 2.00 bits per heavy atom. The lowest BCUT2D eigenvalue weighted by atomic mass is 9.93.